The predicted molar refractivity (Wildman–Crippen MR) is 64.2 cm³/mol. The van der Waals surface area contributed by atoms with E-state index in [2.05, 4.69) is 4.90 Å². The minimum atomic E-state index is -0.853. The maximum absolute atomic E-state index is 10.8. The number of rotatable bonds is 2. The number of hydrogen-bond donors (Lipinski definition) is 2. The molecule has 2 N–H and O–H groups in total. The molecule has 2 rings (SSSR count). The lowest BCUT2D eigenvalue weighted by molar-refractivity contribution is 0.142. The highest BCUT2D eigenvalue weighted by molar-refractivity contribution is 5.65. The number of anilines is 1. The molecule has 1 saturated heterocycles. The first-order valence-electron chi connectivity index (χ1n) is 5.63. The zero-order valence-electron chi connectivity index (χ0n) is 9.54. The van der Waals surface area contributed by atoms with Gasteiger partial charge in [0.25, 0.3) is 0 Å². The Morgan fingerprint density at radius 2 is 1.94 bits per heavy atom. The molecule has 0 aromatic heterocycles. The highest BCUT2D eigenvalue weighted by Gasteiger charge is 2.20. The summed E-state index contributed by atoms with van der Waals surface area (Å²) in [4.78, 5) is 14.3. The van der Waals surface area contributed by atoms with E-state index in [1.807, 2.05) is 24.3 Å². The van der Waals surface area contributed by atoms with Gasteiger partial charge in [-0.15, -0.1) is 0 Å². The van der Waals surface area contributed by atoms with E-state index in [1.165, 1.54) is 4.90 Å². The Hall–Kier alpha value is -1.75. The van der Waals surface area contributed by atoms with E-state index in [9.17, 15) is 4.79 Å². The van der Waals surface area contributed by atoms with Crippen LogP contribution in [0.15, 0.2) is 24.3 Å². The van der Waals surface area contributed by atoms with Crippen LogP contribution in [0.2, 0.25) is 0 Å². The maximum atomic E-state index is 10.8. The average Bonchev–Trinajstić information content (AvgIpc) is 2.39. The standard InChI is InChI=1S/C12H16N2O3/c15-9-10-2-1-3-11(8-10)13-4-6-14(7-5-13)12(16)17/h1-3,8,15H,4-7,9H2,(H,16,17). The van der Waals surface area contributed by atoms with Crippen LogP contribution in [-0.2, 0) is 6.61 Å². The zero-order valence-corrected chi connectivity index (χ0v) is 9.54. The fourth-order valence-corrected chi connectivity index (χ4v) is 2.01. The third-order valence-corrected chi connectivity index (χ3v) is 3.01. The van der Waals surface area contributed by atoms with Crippen molar-refractivity contribution in [2.75, 3.05) is 31.1 Å². The Balaban J connectivity index is 2.02. The Morgan fingerprint density at radius 1 is 1.24 bits per heavy atom. The largest absolute Gasteiger partial charge is 0.465 e. The monoisotopic (exact) mass is 236 g/mol. The molecule has 5 nitrogen and oxygen atoms in total. The van der Waals surface area contributed by atoms with E-state index in [0.29, 0.717) is 26.2 Å². The Morgan fingerprint density at radius 3 is 2.53 bits per heavy atom. The molecule has 0 atom stereocenters. The summed E-state index contributed by atoms with van der Waals surface area (Å²) >= 11 is 0. The van der Waals surface area contributed by atoms with Crippen LogP contribution >= 0.6 is 0 Å². The number of hydrogen-bond acceptors (Lipinski definition) is 3. The van der Waals surface area contributed by atoms with Crippen molar-refractivity contribution in [3.63, 3.8) is 0 Å². The van der Waals surface area contributed by atoms with Gasteiger partial charge in [-0.2, -0.15) is 0 Å². The number of piperazine rings is 1. The van der Waals surface area contributed by atoms with Gasteiger partial charge in [-0.3, -0.25) is 0 Å². The maximum Gasteiger partial charge on any atom is 0.407 e. The van der Waals surface area contributed by atoms with Gasteiger partial charge < -0.3 is 20.0 Å². The van der Waals surface area contributed by atoms with E-state index in [4.69, 9.17) is 10.2 Å². The predicted octanol–water partition coefficient (Wildman–Crippen LogP) is 0.979. The van der Waals surface area contributed by atoms with Gasteiger partial charge in [0, 0.05) is 31.9 Å². The van der Waals surface area contributed by atoms with Crippen molar-refractivity contribution in [3.8, 4) is 0 Å². The van der Waals surface area contributed by atoms with E-state index in [-0.39, 0.29) is 6.61 Å². The molecule has 0 saturated carbocycles. The molecule has 1 aliphatic rings. The molecular weight excluding hydrogens is 220 g/mol. The van der Waals surface area contributed by atoms with Crippen LogP contribution in [0.1, 0.15) is 5.56 Å². The Bertz CT molecular complexity index is 400. The third-order valence-electron chi connectivity index (χ3n) is 3.01. The second kappa shape index (κ2) is 5.05. The highest BCUT2D eigenvalue weighted by atomic mass is 16.4. The Labute approximate surface area is 99.9 Å². The molecule has 0 spiro atoms. The first-order valence-corrected chi connectivity index (χ1v) is 5.63. The summed E-state index contributed by atoms with van der Waals surface area (Å²) in [5, 5.41) is 17.9. The van der Waals surface area contributed by atoms with Gasteiger partial charge >= 0.3 is 6.09 Å². The smallest absolute Gasteiger partial charge is 0.407 e. The molecule has 0 aliphatic carbocycles. The molecule has 1 fully saturated rings. The number of aliphatic hydroxyl groups is 1. The summed E-state index contributed by atoms with van der Waals surface area (Å²) < 4.78 is 0. The molecule has 92 valence electrons. The lowest BCUT2D eigenvalue weighted by Crippen LogP contribution is -2.48. The van der Waals surface area contributed by atoms with Gasteiger partial charge in [-0.25, -0.2) is 4.79 Å². The molecule has 0 radical (unpaired) electrons. The topological polar surface area (TPSA) is 64.0 Å². The lowest BCUT2D eigenvalue weighted by atomic mass is 10.2. The van der Waals surface area contributed by atoms with Gasteiger partial charge in [0.15, 0.2) is 0 Å². The fraction of sp³-hybridized carbons (Fsp3) is 0.417. The summed E-state index contributed by atoms with van der Waals surface area (Å²) in [6, 6.07) is 7.70. The Kier molecular flexibility index (Phi) is 3.49. The minimum absolute atomic E-state index is 0.0307. The lowest BCUT2D eigenvalue weighted by Gasteiger charge is -2.34. The van der Waals surface area contributed by atoms with Crippen LogP contribution in [0.3, 0.4) is 0 Å². The van der Waals surface area contributed by atoms with Crippen LogP contribution in [0.25, 0.3) is 0 Å². The molecule has 1 aliphatic heterocycles. The van der Waals surface area contributed by atoms with E-state index < -0.39 is 6.09 Å². The van der Waals surface area contributed by atoms with Crippen molar-refractivity contribution in [2.45, 2.75) is 6.61 Å². The third kappa shape index (κ3) is 2.68. The van der Waals surface area contributed by atoms with Crippen LogP contribution in [0, 0.1) is 0 Å². The number of amides is 1. The van der Waals surface area contributed by atoms with Crippen molar-refractivity contribution in [3.05, 3.63) is 29.8 Å². The SMILES string of the molecule is O=C(O)N1CCN(c2cccc(CO)c2)CC1. The van der Waals surface area contributed by atoms with Crippen LogP contribution in [0.4, 0.5) is 10.5 Å². The van der Waals surface area contributed by atoms with Crippen molar-refractivity contribution in [1.29, 1.82) is 0 Å². The second-order valence-electron chi connectivity index (χ2n) is 4.08. The number of nitrogens with zero attached hydrogens (tertiary/aromatic N) is 2. The van der Waals surface area contributed by atoms with Crippen LogP contribution < -0.4 is 4.90 Å². The summed E-state index contributed by atoms with van der Waals surface area (Å²) in [6.45, 7) is 2.47. The molecule has 0 unspecified atom stereocenters. The van der Waals surface area contributed by atoms with Gasteiger partial charge in [0.05, 0.1) is 6.61 Å². The normalized spacial score (nSPS) is 16.1. The van der Waals surface area contributed by atoms with E-state index >= 15 is 0 Å². The summed E-state index contributed by atoms with van der Waals surface area (Å²) in [7, 11) is 0. The average molecular weight is 236 g/mol. The van der Waals surface area contributed by atoms with Crippen LogP contribution in [0.5, 0.6) is 0 Å². The number of carboxylic acid groups (broad SMARTS) is 1. The molecule has 1 aromatic rings. The number of aliphatic hydroxyl groups excluding tert-OH is 1. The first kappa shape index (κ1) is 11.7. The zero-order chi connectivity index (χ0) is 12.3. The quantitative estimate of drug-likeness (QED) is 0.803. The molecule has 1 heterocycles. The van der Waals surface area contributed by atoms with E-state index in [0.717, 1.165) is 11.3 Å². The minimum Gasteiger partial charge on any atom is -0.465 e. The van der Waals surface area contributed by atoms with Gasteiger partial charge in [-0.1, -0.05) is 12.1 Å². The first-order chi connectivity index (χ1) is 8.20. The molecule has 5 heteroatoms. The van der Waals surface area contributed by atoms with Crippen molar-refractivity contribution >= 4 is 11.8 Å². The number of benzene rings is 1. The summed E-state index contributed by atoms with van der Waals surface area (Å²) in [5.41, 5.74) is 1.92. The second-order valence-corrected chi connectivity index (χ2v) is 4.08. The van der Waals surface area contributed by atoms with E-state index in [1.54, 1.807) is 0 Å². The summed E-state index contributed by atoms with van der Waals surface area (Å²) in [6.07, 6.45) is -0.853. The highest BCUT2D eigenvalue weighted by Crippen LogP contribution is 2.18. The van der Waals surface area contributed by atoms with Gasteiger partial charge in [0.2, 0.25) is 0 Å². The van der Waals surface area contributed by atoms with Crippen molar-refractivity contribution in [2.24, 2.45) is 0 Å². The molecule has 1 aromatic carbocycles. The molecular formula is C12H16N2O3. The molecule has 17 heavy (non-hydrogen) atoms. The van der Waals surface area contributed by atoms with Gasteiger partial charge in [-0.05, 0) is 17.7 Å². The van der Waals surface area contributed by atoms with Gasteiger partial charge in [0.1, 0.15) is 0 Å². The van der Waals surface area contributed by atoms with Crippen LogP contribution in [-0.4, -0.2) is 47.4 Å². The molecule has 0 bridgehead atoms. The fourth-order valence-electron chi connectivity index (χ4n) is 2.01. The number of carbonyl (C=O) groups is 1. The van der Waals surface area contributed by atoms with Crippen molar-refractivity contribution in [1.82, 2.24) is 4.90 Å². The van der Waals surface area contributed by atoms with Crippen molar-refractivity contribution < 1.29 is 15.0 Å². The molecule has 1 amide bonds. The summed E-state index contributed by atoms with van der Waals surface area (Å²) in [5.74, 6) is 0.